The van der Waals surface area contributed by atoms with Gasteiger partial charge >= 0.3 is 5.69 Å². The molecule has 0 aliphatic rings. The molecule has 0 atom stereocenters. The lowest BCUT2D eigenvalue weighted by molar-refractivity contribution is -0.389. The van der Waals surface area contributed by atoms with Crippen LogP contribution in [0.3, 0.4) is 0 Å². The number of nitro groups is 1. The molecule has 1 aromatic rings. The van der Waals surface area contributed by atoms with Gasteiger partial charge in [-0.25, -0.2) is 27.3 Å². The highest BCUT2D eigenvalue weighted by molar-refractivity contribution is 7.89. The third kappa shape index (κ3) is 2.51. The number of hydrogen-bond acceptors (Lipinski definition) is 6. The minimum absolute atomic E-state index is 0.400. The number of hydrogen-bond donors (Lipinski definition) is 1. The Morgan fingerprint density at radius 1 is 1.56 bits per heavy atom. The molecule has 18 heavy (non-hydrogen) atoms. The smallest absolute Gasteiger partial charge is 0.334 e. The van der Waals surface area contributed by atoms with Crippen molar-refractivity contribution >= 4 is 15.7 Å². The van der Waals surface area contributed by atoms with Crippen molar-refractivity contribution in [1.82, 2.24) is 4.98 Å². The molecule has 0 radical (unpaired) electrons. The van der Waals surface area contributed by atoms with Gasteiger partial charge in [-0.05, 0) is 0 Å². The molecule has 0 aliphatic carbocycles. The third-order valence-electron chi connectivity index (χ3n) is 1.90. The number of sulfonamides is 1. The summed E-state index contributed by atoms with van der Waals surface area (Å²) in [5.74, 6) is -0.929. The first-order chi connectivity index (χ1) is 8.20. The fraction of sp³-hybridized carbons (Fsp3) is 0.286. The Labute approximate surface area is 99.6 Å². The van der Waals surface area contributed by atoms with Crippen LogP contribution in [0.2, 0.25) is 0 Å². The fourth-order valence-electron chi connectivity index (χ4n) is 1.22. The van der Waals surface area contributed by atoms with E-state index in [1.165, 1.54) is 0 Å². The molecule has 100 valence electrons. The number of nitrogens with two attached hydrogens (primary N) is 1. The van der Waals surface area contributed by atoms with Gasteiger partial charge in [-0.2, -0.15) is 0 Å². The lowest BCUT2D eigenvalue weighted by Crippen LogP contribution is -2.16. The van der Waals surface area contributed by atoms with E-state index in [1.54, 1.807) is 0 Å². The van der Waals surface area contributed by atoms with Crippen LogP contribution in [0, 0.1) is 10.1 Å². The number of methoxy groups -OCH3 is 1. The number of nitrogens with zero attached hydrogens (tertiary/aromatic N) is 2. The molecule has 0 saturated heterocycles. The topological polar surface area (TPSA) is 125 Å². The molecule has 0 aliphatic heterocycles. The maximum Gasteiger partial charge on any atom is 0.334 e. The number of halogens is 2. The average molecular weight is 283 g/mol. The highest BCUT2D eigenvalue weighted by atomic mass is 32.2. The molecule has 2 N–H and O–H groups in total. The molecule has 1 rings (SSSR count). The van der Waals surface area contributed by atoms with Crippen LogP contribution in [0.4, 0.5) is 14.5 Å². The molecule has 1 heterocycles. The monoisotopic (exact) mass is 283 g/mol. The largest absolute Gasteiger partial charge is 0.489 e. The van der Waals surface area contributed by atoms with Crippen molar-refractivity contribution in [2.45, 2.75) is 11.3 Å². The Morgan fingerprint density at radius 2 is 2.11 bits per heavy atom. The van der Waals surface area contributed by atoms with Crippen LogP contribution in [0.15, 0.2) is 11.1 Å². The van der Waals surface area contributed by atoms with Crippen molar-refractivity contribution in [2.24, 2.45) is 5.14 Å². The quantitative estimate of drug-likeness (QED) is 0.636. The van der Waals surface area contributed by atoms with Gasteiger partial charge in [0.15, 0.2) is 10.6 Å². The predicted octanol–water partition coefficient (Wildman–Crippen LogP) is 0.583. The van der Waals surface area contributed by atoms with Gasteiger partial charge in [-0.15, -0.1) is 0 Å². The van der Waals surface area contributed by atoms with Gasteiger partial charge in [-0.3, -0.25) is 10.1 Å². The average Bonchev–Trinajstić information content (AvgIpc) is 2.25. The van der Waals surface area contributed by atoms with Crippen LogP contribution < -0.4 is 9.88 Å². The van der Waals surface area contributed by atoms with E-state index in [2.05, 4.69) is 9.72 Å². The van der Waals surface area contributed by atoms with Crippen molar-refractivity contribution in [2.75, 3.05) is 7.11 Å². The summed E-state index contributed by atoms with van der Waals surface area (Å²) < 4.78 is 51.7. The van der Waals surface area contributed by atoms with Gasteiger partial charge in [0.05, 0.1) is 18.2 Å². The summed E-state index contributed by atoms with van der Waals surface area (Å²) >= 11 is 0. The Bertz CT molecular complexity index is 589. The summed E-state index contributed by atoms with van der Waals surface area (Å²) in [7, 11) is -3.60. The normalized spacial score (nSPS) is 11.6. The van der Waals surface area contributed by atoms with Crippen molar-refractivity contribution in [3.63, 3.8) is 0 Å². The predicted molar refractivity (Wildman–Crippen MR) is 53.8 cm³/mol. The van der Waals surface area contributed by atoms with Crippen LogP contribution >= 0.6 is 0 Å². The molecular weight excluding hydrogens is 276 g/mol. The van der Waals surface area contributed by atoms with E-state index in [-0.39, 0.29) is 0 Å². The SMILES string of the molecule is COc1c(C(F)F)ncc(S(N)(=O)=O)c1[N+](=O)[O-]. The van der Waals surface area contributed by atoms with E-state index < -0.39 is 43.4 Å². The van der Waals surface area contributed by atoms with Crippen molar-refractivity contribution in [3.8, 4) is 5.75 Å². The highest BCUT2D eigenvalue weighted by Gasteiger charge is 2.33. The van der Waals surface area contributed by atoms with Crippen LogP contribution in [0.25, 0.3) is 0 Å². The minimum atomic E-state index is -4.48. The Hall–Kier alpha value is -1.88. The molecule has 8 nitrogen and oxygen atoms in total. The van der Waals surface area contributed by atoms with Crippen molar-refractivity contribution in [1.29, 1.82) is 0 Å². The second kappa shape index (κ2) is 4.78. The van der Waals surface area contributed by atoms with Crippen molar-refractivity contribution < 1.29 is 26.9 Å². The van der Waals surface area contributed by atoms with Gasteiger partial charge < -0.3 is 4.74 Å². The van der Waals surface area contributed by atoms with E-state index in [4.69, 9.17) is 5.14 Å². The number of aromatic nitrogens is 1. The maximum atomic E-state index is 12.5. The van der Waals surface area contributed by atoms with E-state index in [9.17, 15) is 27.3 Å². The molecule has 1 aromatic heterocycles. The van der Waals surface area contributed by atoms with Crippen LogP contribution in [0.5, 0.6) is 5.75 Å². The van der Waals surface area contributed by atoms with Crippen LogP contribution in [0.1, 0.15) is 12.1 Å². The van der Waals surface area contributed by atoms with E-state index >= 15 is 0 Å². The Kier molecular flexibility index (Phi) is 3.76. The number of primary sulfonamides is 1. The Morgan fingerprint density at radius 3 is 2.44 bits per heavy atom. The molecule has 0 bridgehead atoms. The van der Waals surface area contributed by atoms with Crippen LogP contribution in [-0.2, 0) is 10.0 Å². The maximum absolute atomic E-state index is 12.5. The first-order valence-corrected chi connectivity index (χ1v) is 5.77. The standard InChI is InChI=1S/C7H7F2N3O5S/c1-17-6-4(7(8)9)11-2-3(18(10,15)16)5(6)12(13)14/h2,7H,1H3,(H2,10,15,16). The fourth-order valence-corrected chi connectivity index (χ4v) is 1.86. The number of alkyl halides is 2. The zero-order valence-corrected chi connectivity index (χ0v) is 9.65. The van der Waals surface area contributed by atoms with Gasteiger partial charge in [-0.1, -0.05) is 0 Å². The van der Waals surface area contributed by atoms with Gasteiger partial charge in [0.25, 0.3) is 6.43 Å². The zero-order chi connectivity index (χ0) is 14.1. The highest BCUT2D eigenvalue weighted by Crippen LogP contribution is 2.38. The molecule has 0 spiro atoms. The Balaban J connectivity index is 3.76. The zero-order valence-electron chi connectivity index (χ0n) is 8.83. The number of pyridine rings is 1. The first kappa shape index (κ1) is 14.2. The van der Waals surface area contributed by atoms with Gasteiger partial charge in [0.2, 0.25) is 15.8 Å². The molecular formula is C7H7F2N3O5S. The summed E-state index contributed by atoms with van der Waals surface area (Å²) in [6.45, 7) is 0. The summed E-state index contributed by atoms with van der Waals surface area (Å²) in [5.41, 5.74) is -2.19. The van der Waals surface area contributed by atoms with E-state index in [0.717, 1.165) is 7.11 Å². The van der Waals surface area contributed by atoms with E-state index in [0.29, 0.717) is 6.20 Å². The number of ether oxygens (including phenoxy) is 1. The molecule has 0 saturated carbocycles. The van der Waals surface area contributed by atoms with E-state index in [1.807, 2.05) is 0 Å². The third-order valence-corrected chi connectivity index (χ3v) is 2.81. The summed E-state index contributed by atoms with van der Waals surface area (Å²) in [4.78, 5) is 11.7. The van der Waals surface area contributed by atoms with Crippen LogP contribution in [-0.4, -0.2) is 25.4 Å². The second-order valence-corrected chi connectivity index (χ2v) is 4.52. The molecule has 0 fully saturated rings. The summed E-state index contributed by atoms with van der Waals surface area (Å²) in [6.07, 6.45) is -2.76. The molecule has 0 amide bonds. The van der Waals surface area contributed by atoms with Gasteiger partial charge in [0, 0.05) is 0 Å². The molecule has 0 aromatic carbocycles. The lowest BCUT2D eigenvalue weighted by Gasteiger charge is -2.09. The van der Waals surface area contributed by atoms with Gasteiger partial charge in [0.1, 0.15) is 0 Å². The summed E-state index contributed by atoms with van der Waals surface area (Å²) in [5, 5.41) is 15.5. The first-order valence-electron chi connectivity index (χ1n) is 4.22. The second-order valence-electron chi connectivity index (χ2n) is 2.99. The summed E-state index contributed by atoms with van der Waals surface area (Å²) in [6, 6.07) is 0. The molecule has 0 unspecified atom stereocenters. The lowest BCUT2D eigenvalue weighted by atomic mass is 10.3. The molecule has 11 heteroatoms. The van der Waals surface area contributed by atoms with Crippen molar-refractivity contribution in [3.05, 3.63) is 22.0 Å². The minimum Gasteiger partial charge on any atom is -0.489 e. The number of rotatable bonds is 4.